The molecule has 0 unspecified atom stereocenters. The monoisotopic (exact) mass is 585 g/mol. The number of ether oxygens (including phenoxy) is 2. The van der Waals surface area contributed by atoms with Crippen LogP contribution in [0.1, 0.15) is 67.4 Å². The van der Waals surface area contributed by atoms with Gasteiger partial charge in [-0.2, -0.15) is 10.6 Å². The summed E-state index contributed by atoms with van der Waals surface area (Å²) in [6.45, 7) is 9.95. The fraction of sp³-hybridized carbons (Fsp3) is 0.531. The highest BCUT2D eigenvalue weighted by atomic mass is 35.5. The molecule has 4 rings (SSSR count). The lowest BCUT2D eigenvalue weighted by Crippen LogP contribution is -2.43. The quantitative estimate of drug-likeness (QED) is 0.224. The Morgan fingerprint density at radius 3 is 2.77 bits per heavy atom. The minimum atomic E-state index is -1.59. The van der Waals surface area contributed by atoms with Crippen molar-refractivity contribution in [2.24, 2.45) is 22.1 Å². The highest BCUT2D eigenvalue weighted by Gasteiger charge is 2.36. The van der Waals surface area contributed by atoms with Crippen LogP contribution in [0.25, 0.3) is 0 Å². The number of hydrogen-bond donors (Lipinski definition) is 0. The standard InChI is InChI=1S/C32H42ClN2O4S/c1-5-8-22(2)21-40(37)34-32(36)25-12-15-31-30(18-25)35(20-27-11-14-29(27)23(3)38-4)19-26-10-13-28(33)17-24(26)9-6-7-16-39-31/h5,10,12-13,15,17-18,22-23,27,29H,1,6-9,11,14,16,19-21H2,2-4H3/q-1/t22-,23-,27-,29-/m0/s1. The number of amides is 1. The van der Waals surface area contributed by atoms with Crippen molar-refractivity contribution in [2.75, 3.05) is 30.9 Å². The SMILES string of the molecule is C=CC[C@H](C)C[S-](=O)=NC(=O)c1ccc2c(c1)N(C[C@@H]1CC[C@H]1[C@H](C)OC)Cc1ccc(Cl)cc1CCCCO2. The second kappa shape index (κ2) is 14.5. The summed E-state index contributed by atoms with van der Waals surface area (Å²) in [5, 5.41) is 0.745. The van der Waals surface area contributed by atoms with E-state index in [9.17, 15) is 9.00 Å². The van der Waals surface area contributed by atoms with Crippen LogP contribution >= 0.6 is 11.6 Å². The molecular formula is C32H42ClN2O4S-. The predicted octanol–water partition coefficient (Wildman–Crippen LogP) is 7.62. The van der Waals surface area contributed by atoms with Crippen LogP contribution in [0.15, 0.2) is 53.4 Å². The van der Waals surface area contributed by atoms with Crippen LogP contribution < -0.4 is 9.64 Å². The average Bonchev–Trinajstić information content (AvgIpc) is 2.93. The smallest absolute Gasteiger partial charge is 0.254 e. The third-order valence-corrected chi connectivity index (χ3v) is 9.72. The molecule has 1 fully saturated rings. The van der Waals surface area contributed by atoms with E-state index < -0.39 is 16.5 Å². The van der Waals surface area contributed by atoms with Gasteiger partial charge in [0.15, 0.2) is 0 Å². The van der Waals surface area contributed by atoms with E-state index >= 15 is 0 Å². The van der Waals surface area contributed by atoms with E-state index in [0.29, 0.717) is 36.3 Å². The molecule has 0 N–H and O–H groups in total. The van der Waals surface area contributed by atoms with Crippen molar-refractivity contribution in [2.45, 2.75) is 65.0 Å². The van der Waals surface area contributed by atoms with Crippen molar-refractivity contribution in [3.63, 3.8) is 0 Å². The molecule has 0 bridgehead atoms. The molecule has 0 saturated heterocycles. The Morgan fingerprint density at radius 1 is 1.23 bits per heavy atom. The van der Waals surface area contributed by atoms with Crippen molar-refractivity contribution in [3.8, 4) is 5.75 Å². The Bertz CT molecular complexity index is 1280. The van der Waals surface area contributed by atoms with E-state index in [0.717, 1.165) is 61.5 Å². The molecule has 1 heterocycles. The number of halogens is 1. The van der Waals surface area contributed by atoms with Gasteiger partial charge in [-0.15, -0.1) is 6.58 Å². The second-order valence-corrected chi connectivity index (χ2v) is 12.8. The van der Waals surface area contributed by atoms with E-state index in [1.165, 1.54) is 11.1 Å². The number of hydrogen-bond acceptors (Lipinski definition) is 6. The van der Waals surface area contributed by atoms with E-state index in [2.05, 4.69) is 34.9 Å². The number of aryl methyl sites for hydroxylation is 1. The van der Waals surface area contributed by atoms with Gasteiger partial charge in [-0.25, -0.2) is 0 Å². The fourth-order valence-electron chi connectivity index (χ4n) is 5.73. The van der Waals surface area contributed by atoms with Crippen molar-refractivity contribution in [3.05, 3.63) is 70.8 Å². The van der Waals surface area contributed by atoms with Gasteiger partial charge < -0.3 is 22.9 Å². The van der Waals surface area contributed by atoms with Gasteiger partial charge in [0.05, 0.1) is 18.4 Å². The molecular weight excluding hydrogens is 544 g/mol. The number of methoxy groups -OCH3 is 1. The Hall–Kier alpha value is -2.35. The van der Waals surface area contributed by atoms with Gasteiger partial charge in [0.25, 0.3) is 5.91 Å². The summed E-state index contributed by atoms with van der Waals surface area (Å²) < 4.78 is 28.6. The molecule has 6 nitrogen and oxygen atoms in total. The summed E-state index contributed by atoms with van der Waals surface area (Å²) in [4.78, 5) is 15.5. The normalized spacial score (nSPS) is 21.6. The molecule has 2 aromatic carbocycles. The molecule has 0 spiro atoms. The molecule has 40 heavy (non-hydrogen) atoms. The molecule has 1 aliphatic carbocycles. The van der Waals surface area contributed by atoms with Crippen molar-refractivity contribution in [1.29, 1.82) is 0 Å². The van der Waals surface area contributed by atoms with E-state index in [1.54, 1.807) is 19.3 Å². The van der Waals surface area contributed by atoms with Crippen LogP contribution in [-0.4, -0.2) is 38.0 Å². The zero-order chi connectivity index (χ0) is 28.6. The summed E-state index contributed by atoms with van der Waals surface area (Å²) in [6, 6.07) is 11.6. The fourth-order valence-corrected chi connectivity index (χ4v) is 6.91. The van der Waals surface area contributed by atoms with Gasteiger partial charge >= 0.3 is 0 Å². The summed E-state index contributed by atoms with van der Waals surface area (Å²) in [6.07, 6.45) is 7.86. The first-order chi connectivity index (χ1) is 19.3. The highest BCUT2D eigenvalue weighted by Crippen LogP contribution is 2.41. The first kappa shape index (κ1) is 30.6. The van der Waals surface area contributed by atoms with E-state index in [-0.39, 0.29) is 12.0 Å². The number of rotatable bonds is 9. The van der Waals surface area contributed by atoms with Crippen LogP contribution in [0.3, 0.4) is 0 Å². The summed E-state index contributed by atoms with van der Waals surface area (Å²) in [5.41, 5.74) is 3.76. The number of carbonyl (C=O) groups is 1. The molecule has 4 atom stereocenters. The van der Waals surface area contributed by atoms with Gasteiger partial charge in [-0.05, 0) is 98.7 Å². The summed E-state index contributed by atoms with van der Waals surface area (Å²) in [7, 11) is 0.183. The Kier molecular flexibility index (Phi) is 11.1. The number of carbonyl (C=O) groups excluding carboxylic acids is 1. The third-order valence-electron chi connectivity index (χ3n) is 8.26. The minimum Gasteiger partial charge on any atom is -0.491 e. The first-order valence-electron chi connectivity index (χ1n) is 14.4. The van der Waals surface area contributed by atoms with Gasteiger partial charge in [-0.3, -0.25) is 4.79 Å². The van der Waals surface area contributed by atoms with Gasteiger partial charge in [0.1, 0.15) is 5.75 Å². The maximum atomic E-state index is 13.2. The van der Waals surface area contributed by atoms with Gasteiger partial charge in [-0.1, -0.05) is 42.3 Å². The van der Waals surface area contributed by atoms with Gasteiger partial charge in [0, 0.05) is 30.8 Å². The summed E-state index contributed by atoms with van der Waals surface area (Å²) in [5.74, 6) is 1.71. The summed E-state index contributed by atoms with van der Waals surface area (Å²) >= 11 is 6.40. The van der Waals surface area contributed by atoms with Crippen LogP contribution in [0.5, 0.6) is 5.75 Å². The van der Waals surface area contributed by atoms with Crippen molar-refractivity contribution >= 4 is 33.8 Å². The molecule has 1 saturated carbocycles. The molecule has 2 aromatic rings. The molecule has 0 aromatic heterocycles. The first-order valence-corrected chi connectivity index (χ1v) is 16.0. The second-order valence-electron chi connectivity index (χ2n) is 11.2. The molecule has 218 valence electrons. The zero-order valence-electron chi connectivity index (χ0n) is 23.9. The molecule has 8 heteroatoms. The Labute approximate surface area is 246 Å². The van der Waals surface area contributed by atoms with Crippen molar-refractivity contribution in [1.82, 2.24) is 0 Å². The third kappa shape index (κ3) is 7.89. The highest BCUT2D eigenvalue weighted by molar-refractivity contribution is 7.75. The largest absolute Gasteiger partial charge is 0.491 e. The van der Waals surface area contributed by atoms with E-state index in [1.807, 2.05) is 25.1 Å². The number of anilines is 1. The van der Waals surface area contributed by atoms with Crippen molar-refractivity contribution < 1.29 is 18.5 Å². The van der Waals surface area contributed by atoms with Gasteiger partial charge in [0.2, 0.25) is 0 Å². The lowest BCUT2D eigenvalue weighted by atomic mass is 9.70. The van der Waals surface area contributed by atoms with Crippen LogP contribution in [0, 0.1) is 17.8 Å². The van der Waals surface area contributed by atoms with Crippen LogP contribution in [0.4, 0.5) is 5.69 Å². The lowest BCUT2D eigenvalue weighted by molar-refractivity contribution is -0.00420. The number of fused-ring (bicyclic) bond motifs is 2. The molecule has 1 aliphatic heterocycles. The topological polar surface area (TPSA) is 68.2 Å². The van der Waals surface area contributed by atoms with E-state index in [4.69, 9.17) is 21.1 Å². The minimum absolute atomic E-state index is 0.143. The Balaban J connectivity index is 1.70. The number of benzene rings is 2. The number of nitrogens with zero attached hydrogens (tertiary/aromatic N) is 2. The predicted molar refractivity (Wildman–Crippen MR) is 164 cm³/mol. The number of allylic oxidation sites excluding steroid dienone is 1. The van der Waals surface area contributed by atoms with Crippen LogP contribution in [-0.2, 0) is 32.5 Å². The Morgan fingerprint density at radius 2 is 2.05 bits per heavy atom. The van der Waals surface area contributed by atoms with Crippen LogP contribution in [0.2, 0.25) is 5.02 Å². The average molecular weight is 586 g/mol. The maximum Gasteiger partial charge on any atom is 0.254 e. The maximum absolute atomic E-state index is 13.2. The lowest BCUT2D eigenvalue weighted by Gasteiger charge is -2.43. The zero-order valence-corrected chi connectivity index (χ0v) is 25.5. The molecule has 0 radical (unpaired) electrons. The molecule has 2 aliphatic rings. The molecule has 1 amide bonds.